The molecule has 0 unspecified atom stereocenters. The molecule has 2 amide bonds. The minimum absolute atomic E-state index is 0.0185. The number of ether oxygens (including phenoxy) is 1. The molecule has 1 saturated heterocycles. The fraction of sp³-hybridized carbons (Fsp3) is 0.278. The average Bonchev–Trinajstić information content (AvgIpc) is 3.13. The molecule has 0 spiro atoms. The number of morpholine rings is 1. The van der Waals surface area contributed by atoms with Gasteiger partial charge in [-0.15, -0.1) is 11.8 Å². The number of benzene rings is 4. The molecule has 1 atom stereocenters. The Hall–Kier alpha value is -4.83. The normalized spacial score (nSPS) is 14.0. The third-order valence-electron chi connectivity index (χ3n) is 8.09. The van der Waals surface area contributed by atoms with Crippen molar-refractivity contribution in [3.05, 3.63) is 119 Å². The number of hydrogen-bond acceptors (Lipinski definition) is 10. The molecule has 1 heterocycles. The van der Waals surface area contributed by atoms with Gasteiger partial charge >= 0.3 is 0 Å². The second-order valence-corrected chi connectivity index (χ2v) is 14.6. The Morgan fingerprint density at radius 3 is 2.27 bits per heavy atom. The highest BCUT2D eigenvalue weighted by Crippen LogP contribution is 2.30. The molecular weight excluding hydrogens is 698 g/mol. The summed E-state index contributed by atoms with van der Waals surface area (Å²) in [5.41, 5.74) is 0.929. The first-order valence-corrected chi connectivity index (χ1v) is 18.8. The van der Waals surface area contributed by atoms with Crippen molar-refractivity contribution in [1.82, 2.24) is 14.9 Å². The third-order valence-corrected chi connectivity index (χ3v) is 10.6. The fourth-order valence-corrected chi connectivity index (χ4v) is 7.32. The number of carbonyl (C=O) groups excluding carboxylic acids is 2. The van der Waals surface area contributed by atoms with E-state index in [-0.39, 0.29) is 29.4 Å². The summed E-state index contributed by atoms with van der Waals surface area (Å²) in [4.78, 5) is 40.1. The van der Waals surface area contributed by atoms with E-state index in [4.69, 9.17) is 4.74 Å². The van der Waals surface area contributed by atoms with E-state index < -0.39 is 37.5 Å². The van der Waals surface area contributed by atoms with Crippen LogP contribution in [0.3, 0.4) is 0 Å². The first-order chi connectivity index (χ1) is 24.6. The van der Waals surface area contributed by atoms with Crippen molar-refractivity contribution in [2.75, 3.05) is 50.5 Å². The molecule has 15 heteroatoms. The molecule has 1 fully saturated rings. The lowest BCUT2D eigenvalue weighted by atomic mass is 10.0. The monoisotopic (exact) mass is 735 g/mol. The summed E-state index contributed by atoms with van der Waals surface area (Å²) >= 11 is 1.47. The van der Waals surface area contributed by atoms with Crippen LogP contribution in [0.5, 0.6) is 0 Å². The van der Waals surface area contributed by atoms with Crippen molar-refractivity contribution >= 4 is 45.0 Å². The van der Waals surface area contributed by atoms with Crippen LogP contribution in [0.15, 0.2) is 107 Å². The lowest BCUT2D eigenvalue weighted by molar-refractivity contribution is -0.384. The standard InChI is InChI=1S/C36H38FN5O7S2/c37-29-13-11-27(12-14-29)26-7-9-28(10-8-26)36(44)40-51(47,48)32-15-16-33(34(24-32)42(45)46)39-30(25-50-31-5-2-1-3-6-31)23-35(43)38-17-4-18-41-19-21-49-22-20-41/h1-3,5-16,24,30,39H,4,17-23,25H2,(H,38,43)(H,40,44)/t30-/m1/s1. The zero-order valence-corrected chi connectivity index (χ0v) is 29.3. The predicted molar refractivity (Wildman–Crippen MR) is 194 cm³/mol. The van der Waals surface area contributed by atoms with E-state index in [1.807, 2.05) is 35.1 Å². The Kier molecular flexibility index (Phi) is 13.1. The Morgan fingerprint density at radius 1 is 0.941 bits per heavy atom. The van der Waals surface area contributed by atoms with Crippen molar-refractivity contribution in [3.63, 3.8) is 0 Å². The lowest BCUT2D eigenvalue weighted by Gasteiger charge is -2.26. The molecule has 51 heavy (non-hydrogen) atoms. The molecule has 4 aromatic carbocycles. The highest BCUT2D eigenvalue weighted by Gasteiger charge is 2.26. The van der Waals surface area contributed by atoms with Gasteiger partial charge in [0.1, 0.15) is 11.5 Å². The number of halogens is 1. The maximum Gasteiger partial charge on any atom is 0.293 e. The van der Waals surface area contributed by atoms with Gasteiger partial charge in [0.05, 0.1) is 23.0 Å². The number of nitrogens with zero attached hydrogens (tertiary/aromatic N) is 2. The zero-order chi connectivity index (χ0) is 36.2. The Labute approximate surface area is 300 Å². The van der Waals surface area contributed by atoms with Gasteiger partial charge in [-0.2, -0.15) is 0 Å². The topological polar surface area (TPSA) is 160 Å². The van der Waals surface area contributed by atoms with Gasteiger partial charge in [-0.3, -0.25) is 24.6 Å². The molecular formula is C36H38FN5O7S2. The summed E-state index contributed by atoms with van der Waals surface area (Å²) < 4.78 is 47.0. The number of rotatable bonds is 16. The SMILES string of the molecule is O=C(C[C@H](CSc1ccccc1)Nc1ccc(S(=O)(=O)NC(=O)c2ccc(-c3ccc(F)cc3)cc2)cc1[N+](=O)[O-])NCCCN1CCOCC1. The van der Waals surface area contributed by atoms with E-state index in [0.717, 1.165) is 43.1 Å². The van der Waals surface area contributed by atoms with Crippen LogP contribution in [0.4, 0.5) is 15.8 Å². The predicted octanol–water partition coefficient (Wildman–Crippen LogP) is 5.32. The van der Waals surface area contributed by atoms with Crippen LogP contribution in [0.1, 0.15) is 23.2 Å². The van der Waals surface area contributed by atoms with Crippen molar-refractivity contribution < 1.29 is 32.1 Å². The molecule has 0 saturated carbocycles. The third kappa shape index (κ3) is 11.1. The number of carbonyl (C=O) groups is 2. The first kappa shape index (κ1) is 37.4. The van der Waals surface area contributed by atoms with Crippen LogP contribution in [0.25, 0.3) is 11.1 Å². The number of nitrogens with one attached hydrogen (secondary N) is 3. The van der Waals surface area contributed by atoms with Crippen LogP contribution >= 0.6 is 11.8 Å². The van der Waals surface area contributed by atoms with E-state index in [0.29, 0.717) is 36.6 Å². The van der Waals surface area contributed by atoms with Gasteiger partial charge in [-0.1, -0.05) is 42.5 Å². The van der Waals surface area contributed by atoms with Gasteiger partial charge < -0.3 is 15.4 Å². The van der Waals surface area contributed by atoms with E-state index in [9.17, 15) is 32.5 Å². The molecule has 0 bridgehead atoms. The molecule has 5 rings (SSSR count). The minimum Gasteiger partial charge on any atom is -0.379 e. The smallest absolute Gasteiger partial charge is 0.293 e. The van der Waals surface area contributed by atoms with Crippen molar-refractivity contribution in [1.29, 1.82) is 0 Å². The van der Waals surface area contributed by atoms with E-state index >= 15 is 0 Å². The number of sulfonamides is 1. The van der Waals surface area contributed by atoms with Crippen LogP contribution in [-0.4, -0.2) is 81.2 Å². The summed E-state index contributed by atoms with van der Waals surface area (Å²) in [6.45, 7) is 4.42. The van der Waals surface area contributed by atoms with Gasteiger partial charge in [0.2, 0.25) is 5.91 Å². The second-order valence-electron chi connectivity index (χ2n) is 11.8. The number of nitro groups is 1. The Bertz CT molecular complexity index is 1910. The van der Waals surface area contributed by atoms with Crippen LogP contribution < -0.4 is 15.4 Å². The van der Waals surface area contributed by atoms with Crippen molar-refractivity contribution in [2.24, 2.45) is 0 Å². The fourth-order valence-electron chi connectivity index (χ4n) is 5.38. The van der Waals surface area contributed by atoms with Crippen molar-refractivity contribution in [3.8, 4) is 11.1 Å². The highest BCUT2D eigenvalue weighted by atomic mass is 32.2. The van der Waals surface area contributed by atoms with Crippen molar-refractivity contribution in [2.45, 2.75) is 28.7 Å². The zero-order valence-electron chi connectivity index (χ0n) is 27.6. The average molecular weight is 736 g/mol. The molecule has 0 aromatic heterocycles. The molecule has 4 aromatic rings. The summed E-state index contributed by atoms with van der Waals surface area (Å²) in [7, 11) is -4.51. The maximum absolute atomic E-state index is 13.3. The molecule has 0 radical (unpaired) electrons. The summed E-state index contributed by atoms with van der Waals surface area (Å²) in [6.07, 6.45) is 0.784. The van der Waals surface area contributed by atoms with Gasteiger partial charge in [0.15, 0.2) is 0 Å². The number of hydrogen-bond donors (Lipinski definition) is 3. The Balaban J connectivity index is 1.25. The lowest BCUT2D eigenvalue weighted by Crippen LogP contribution is -2.38. The largest absolute Gasteiger partial charge is 0.379 e. The quantitative estimate of drug-likeness (QED) is 0.0595. The van der Waals surface area contributed by atoms with E-state index in [2.05, 4.69) is 15.5 Å². The molecule has 268 valence electrons. The van der Waals surface area contributed by atoms with Crippen LogP contribution in [0, 0.1) is 15.9 Å². The first-order valence-electron chi connectivity index (χ1n) is 16.3. The summed E-state index contributed by atoms with van der Waals surface area (Å²) in [5.74, 6) is -1.16. The minimum atomic E-state index is -4.51. The van der Waals surface area contributed by atoms with E-state index in [1.165, 1.54) is 42.1 Å². The number of anilines is 1. The summed E-state index contributed by atoms with van der Waals surface area (Å²) in [6, 6.07) is 24.1. The highest BCUT2D eigenvalue weighted by molar-refractivity contribution is 7.99. The maximum atomic E-state index is 13.3. The van der Waals surface area contributed by atoms with Gasteiger partial charge in [0, 0.05) is 54.4 Å². The van der Waals surface area contributed by atoms with Gasteiger partial charge in [-0.05, 0) is 72.6 Å². The van der Waals surface area contributed by atoms with Gasteiger partial charge in [0.25, 0.3) is 21.6 Å². The molecule has 1 aliphatic rings. The number of nitro benzene ring substituents is 1. The summed E-state index contributed by atoms with van der Waals surface area (Å²) in [5, 5.41) is 18.2. The molecule has 0 aliphatic carbocycles. The Morgan fingerprint density at radius 2 is 1.61 bits per heavy atom. The van der Waals surface area contributed by atoms with Gasteiger partial charge in [-0.25, -0.2) is 17.5 Å². The molecule has 3 N–H and O–H groups in total. The molecule has 1 aliphatic heterocycles. The number of amides is 2. The van der Waals surface area contributed by atoms with Crippen LogP contribution in [0.2, 0.25) is 0 Å². The number of thioether (sulfide) groups is 1. The molecule has 12 nitrogen and oxygen atoms in total. The van der Waals surface area contributed by atoms with E-state index in [1.54, 1.807) is 24.3 Å². The second kappa shape index (κ2) is 17.9. The van der Waals surface area contributed by atoms with Crippen LogP contribution in [-0.2, 0) is 19.6 Å².